The Morgan fingerprint density at radius 2 is 1.88 bits per heavy atom. The number of nitrogens with zero attached hydrogens (tertiary/aromatic N) is 3. The molecule has 1 fully saturated rings. The number of hydrogen-bond donors (Lipinski definition) is 2. The Labute approximate surface area is 186 Å². The first kappa shape index (κ1) is 21.7. The van der Waals surface area contributed by atoms with Crippen LogP contribution in [0.25, 0.3) is 11.1 Å². The molecule has 2 heterocycles. The number of nitrogen functional groups attached to an aromatic ring is 1. The number of amides is 1. The van der Waals surface area contributed by atoms with Crippen LogP contribution in [0.5, 0.6) is 5.75 Å². The number of aromatic nitrogens is 2. The molecule has 1 aromatic heterocycles. The van der Waals surface area contributed by atoms with Crippen LogP contribution in [0, 0.1) is 5.82 Å². The van der Waals surface area contributed by atoms with Gasteiger partial charge in [-0.3, -0.25) is 9.69 Å². The molecule has 3 aromatic rings. The fourth-order valence-corrected chi connectivity index (χ4v) is 4.08. The quantitative estimate of drug-likeness (QED) is 0.588. The van der Waals surface area contributed by atoms with Crippen LogP contribution in [0.15, 0.2) is 54.7 Å². The zero-order valence-electron chi connectivity index (χ0n) is 17.7. The Bertz CT molecular complexity index is 1070. The minimum Gasteiger partial charge on any atom is -0.492 e. The van der Waals surface area contributed by atoms with Crippen LogP contribution in [0.1, 0.15) is 41.4 Å². The van der Waals surface area contributed by atoms with E-state index in [1.807, 2.05) is 12.1 Å². The fraction of sp³-hybridized carbons (Fsp3) is 0.292. The third-order valence-corrected chi connectivity index (χ3v) is 5.71. The number of benzene rings is 2. The van der Waals surface area contributed by atoms with E-state index >= 15 is 0 Å². The number of anilines is 1. The summed E-state index contributed by atoms with van der Waals surface area (Å²) in [6, 6.07) is 13.2. The second-order valence-electron chi connectivity index (χ2n) is 7.82. The molecule has 4 N–H and O–H groups in total. The van der Waals surface area contributed by atoms with E-state index in [4.69, 9.17) is 16.2 Å². The molecule has 1 aliphatic heterocycles. The molecule has 1 amide bonds. The highest BCUT2D eigenvalue weighted by atomic mass is 19.1. The standard InChI is InChI=1S/C24H26FN5O2/c25-18-8-10-19(11-9-18)32-14-13-30-12-2-1-3-21(30)22-20(15-28-24(27)29-22)16-4-6-17(7-5-16)23(26)31/h4-11,15,21H,1-3,12-14H2,(H2,26,31)(H2,27,28,29). The van der Waals surface area contributed by atoms with E-state index in [1.54, 1.807) is 30.5 Å². The largest absolute Gasteiger partial charge is 0.492 e. The van der Waals surface area contributed by atoms with Gasteiger partial charge in [-0.2, -0.15) is 0 Å². The van der Waals surface area contributed by atoms with E-state index in [2.05, 4.69) is 14.9 Å². The molecule has 32 heavy (non-hydrogen) atoms. The van der Waals surface area contributed by atoms with Crippen molar-refractivity contribution in [3.8, 4) is 16.9 Å². The topological polar surface area (TPSA) is 107 Å². The van der Waals surface area contributed by atoms with Crippen LogP contribution in [0.3, 0.4) is 0 Å². The average Bonchev–Trinajstić information content (AvgIpc) is 2.81. The Morgan fingerprint density at radius 1 is 1.12 bits per heavy atom. The monoisotopic (exact) mass is 435 g/mol. The van der Waals surface area contributed by atoms with Crippen LogP contribution < -0.4 is 16.2 Å². The number of rotatable bonds is 7. The lowest BCUT2D eigenvalue weighted by atomic mass is 9.93. The third-order valence-electron chi connectivity index (χ3n) is 5.71. The van der Waals surface area contributed by atoms with Gasteiger partial charge >= 0.3 is 0 Å². The molecule has 1 unspecified atom stereocenters. The first-order chi connectivity index (χ1) is 15.5. The summed E-state index contributed by atoms with van der Waals surface area (Å²) in [5.74, 6) is 0.114. The molecule has 1 atom stereocenters. The van der Waals surface area contributed by atoms with Gasteiger partial charge in [0.1, 0.15) is 18.2 Å². The van der Waals surface area contributed by atoms with Gasteiger partial charge in [0.15, 0.2) is 0 Å². The molecular weight excluding hydrogens is 409 g/mol. The number of ether oxygens (including phenoxy) is 1. The van der Waals surface area contributed by atoms with E-state index in [0.29, 0.717) is 24.5 Å². The highest BCUT2D eigenvalue weighted by Gasteiger charge is 2.28. The van der Waals surface area contributed by atoms with Gasteiger partial charge in [0.05, 0.1) is 11.7 Å². The van der Waals surface area contributed by atoms with Crippen LogP contribution in [0.4, 0.5) is 10.3 Å². The van der Waals surface area contributed by atoms with Crippen LogP contribution in [-0.4, -0.2) is 40.5 Å². The number of primary amides is 1. The van der Waals surface area contributed by atoms with Crippen molar-refractivity contribution in [3.05, 3.63) is 71.8 Å². The van der Waals surface area contributed by atoms with Crippen molar-refractivity contribution >= 4 is 11.9 Å². The van der Waals surface area contributed by atoms with Crippen molar-refractivity contribution in [2.24, 2.45) is 5.73 Å². The number of likely N-dealkylation sites (tertiary alicyclic amines) is 1. The molecule has 0 aliphatic carbocycles. The number of carbonyl (C=O) groups is 1. The summed E-state index contributed by atoms with van der Waals surface area (Å²) in [6.07, 6.45) is 4.86. The van der Waals surface area contributed by atoms with Gasteiger partial charge in [-0.1, -0.05) is 18.6 Å². The van der Waals surface area contributed by atoms with Crippen LogP contribution >= 0.6 is 0 Å². The Kier molecular flexibility index (Phi) is 6.61. The second kappa shape index (κ2) is 9.74. The Hall–Kier alpha value is -3.52. The van der Waals surface area contributed by atoms with Gasteiger partial charge in [0, 0.05) is 23.9 Å². The Morgan fingerprint density at radius 3 is 2.59 bits per heavy atom. The van der Waals surface area contributed by atoms with E-state index in [0.717, 1.165) is 42.6 Å². The van der Waals surface area contributed by atoms with Crippen molar-refractivity contribution in [1.29, 1.82) is 0 Å². The summed E-state index contributed by atoms with van der Waals surface area (Å²) in [5.41, 5.74) is 14.4. The van der Waals surface area contributed by atoms with Gasteiger partial charge in [-0.05, 0) is 61.3 Å². The summed E-state index contributed by atoms with van der Waals surface area (Å²) < 4.78 is 18.9. The molecular formula is C24H26FN5O2. The maximum absolute atomic E-state index is 13.1. The molecule has 0 bridgehead atoms. The molecule has 0 spiro atoms. The van der Waals surface area contributed by atoms with E-state index in [-0.39, 0.29) is 17.8 Å². The van der Waals surface area contributed by atoms with Gasteiger partial charge < -0.3 is 16.2 Å². The lowest BCUT2D eigenvalue weighted by Crippen LogP contribution is -2.37. The predicted octanol–water partition coefficient (Wildman–Crippen LogP) is 3.57. The average molecular weight is 436 g/mol. The first-order valence-corrected chi connectivity index (χ1v) is 10.7. The van der Waals surface area contributed by atoms with Crippen molar-refractivity contribution in [3.63, 3.8) is 0 Å². The summed E-state index contributed by atoms with van der Waals surface area (Å²) >= 11 is 0. The lowest BCUT2D eigenvalue weighted by molar-refractivity contribution is 0.100. The van der Waals surface area contributed by atoms with Gasteiger partial charge in [-0.15, -0.1) is 0 Å². The molecule has 166 valence electrons. The fourth-order valence-electron chi connectivity index (χ4n) is 4.08. The summed E-state index contributed by atoms with van der Waals surface area (Å²) in [7, 11) is 0. The number of hydrogen-bond acceptors (Lipinski definition) is 6. The molecule has 2 aromatic carbocycles. The Balaban J connectivity index is 1.55. The zero-order chi connectivity index (χ0) is 22.5. The predicted molar refractivity (Wildman–Crippen MR) is 120 cm³/mol. The van der Waals surface area contributed by atoms with Crippen LogP contribution in [0.2, 0.25) is 0 Å². The normalized spacial score (nSPS) is 16.6. The van der Waals surface area contributed by atoms with Crippen molar-refractivity contribution in [1.82, 2.24) is 14.9 Å². The van der Waals surface area contributed by atoms with Gasteiger partial charge in [0.25, 0.3) is 0 Å². The number of piperidine rings is 1. The molecule has 4 rings (SSSR count). The molecule has 0 radical (unpaired) electrons. The van der Waals surface area contributed by atoms with Crippen molar-refractivity contribution in [2.45, 2.75) is 25.3 Å². The van der Waals surface area contributed by atoms with E-state index in [1.165, 1.54) is 12.1 Å². The second-order valence-corrected chi connectivity index (χ2v) is 7.82. The maximum atomic E-state index is 13.1. The minimum atomic E-state index is -0.468. The first-order valence-electron chi connectivity index (χ1n) is 10.7. The molecule has 0 saturated carbocycles. The van der Waals surface area contributed by atoms with Crippen molar-refractivity contribution < 1.29 is 13.9 Å². The summed E-state index contributed by atoms with van der Waals surface area (Å²) in [5, 5.41) is 0. The smallest absolute Gasteiger partial charge is 0.248 e. The van der Waals surface area contributed by atoms with Crippen molar-refractivity contribution in [2.75, 3.05) is 25.4 Å². The summed E-state index contributed by atoms with van der Waals surface area (Å²) in [4.78, 5) is 22.6. The van der Waals surface area contributed by atoms with Gasteiger partial charge in [0.2, 0.25) is 11.9 Å². The third kappa shape index (κ3) is 5.03. The molecule has 7 nitrogen and oxygen atoms in total. The van der Waals surface area contributed by atoms with Crippen LogP contribution in [-0.2, 0) is 0 Å². The summed E-state index contributed by atoms with van der Waals surface area (Å²) in [6.45, 7) is 2.10. The molecule has 8 heteroatoms. The molecule has 1 saturated heterocycles. The number of carbonyl (C=O) groups excluding carboxylic acids is 1. The number of nitrogens with two attached hydrogens (primary N) is 2. The highest BCUT2D eigenvalue weighted by molar-refractivity contribution is 5.93. The number of halogens is 1. The zero-order valence-corrected chi connectivity index (χ0v) is 17.7. The highest BCUT2D eigenvalue weighted by Crippen LogP contribution is 2.35. The maximum Gasteiger partial charge on any atom is 0.248 e. The van der Waals surface area contributed by atoms with E-state index in [9.17, 15) is 9.18 Å². The van der Waals surface area contributed by atoms with E-state index < -0.39 is 5.91 Å². The molecule has 1 aliphatic rings. The SMILES string of the molecule is NC(=O)c1ccc(-c2cnc(N)nc2C2CCCCN2CCOc2ccc(F)cc2)cc1. The minimum absolute atomic E-state index is 0.0664. The lowest BCUT2D eigenvalue weighted by Gasteiger charge is -2.36. The van der Waals surface area contributed by atoms with Gasteiger partial charge in [-0.25, -0.2) is 14.4 Å².